The monoisotopic (exact) mass is 347 g/mol. The number of hydrogen-bond donors (Lipinski definition) is 1. The molecule has 1 aromatic carbocycles. The molecule has 9 heteroatoms. The van der Waals surface area contributed by atoms with Gasteiger partial charge in [-0.2, -0.15) is 0 Å². The van der Waals surface area contributed by atoms with E-state index >= 15 is 0 Å². The third-order valence-corrected chi connectivity index (χ3v) is 3.53. The van der Waals surface area contributed by atoms with E-state index in [1.165, 1.54) is 18.2 Å². The molecule has 1 aromatic heterocycles. The van der Waals surface area contributed by atoms with Crippen LogP contribution in [0, 0.1) is 0 Å². The van der Waals surface area contributed by atoms with Crippen LogP contribution in [0.3, 0.4) is 0 Å². The van der Waals surface area contributed by atoms with Crippen molar-refractivity contribution >= 4 is 27.4 Å². The Morgan fingerprint density at radius 2 is 2.00 bits per heavy atom. The van der Waals surface area contributed by atoms with E-state index in [4.69, 9.17) is 5.73 Å². The quantitative estimate of drug-likeness (QED) is 0.810. The zero-order valence-electron chi connectivity index (χ0n) is 9.89. The molecule has 0 saturated carbocycles. The van der Waals surface area contributed by atoms with Gasteiger partial charge in [-0.3, -0.25) is 0 Å². The van der Waals surface area contributed by atoms with Crippen molar-refractivity contribution < 1.29 is 22.7 Å². The van der Waals surface area contributed by atoms with E-state index in [1.807, 2.05) is 0 Å². The standard InChI is InChI=1S/C11H9AsF3N3O2/c12-9-8(20-10(16)19)5-17-18(9)7-4-2-1-3-6(7)11(13,14)15/h1-5H,12H2,(H2,16,19). The minimum atomic E-state index is -4.51. The first kappa shape index (κ1) is 14.5. The molecule has 0 aliphatic rings. The SMILES string of the molecule is NC(=O)Oc1cnn(-c2ccccc2C(F)(F)F)c1[AsH2]. The summed E-state index contributed by atoms with van der Waals surface area (Å²) in [4.78, 5) is 10.7. The zero-order valence-corrected chi connectivity index (χ0v) is 12.3. The summed E-state index contributed by atoms with van der Waals surface area (Å²) in [5, 5.41) is 3.81. The molecule has 0 aliphatic carbocycles. The Morgan fingerprint density at radius 1 is 1.35 bits per heavy atom. The van der Waals surface area contributed by atoms with Crippen molar-refractivity contribution in [3.05, 3.63) is 36.0 Å². The number of alkyl halides is 3. The van der Waals surface area contributed by atoms with Crippen LogP contribution >= 0.6 is 0 Å². The van der Waals surface area contributed by atoms with Crippen LogP contribution in [-0.4, -0.2) is 32.7 Å². The van der Waals surface area contributed by atoms with Gasteiger partial charge in [0.25, 0.3) is 0 Å². The van der Waals surface area contributed by atoms with Crippen LogP contribution in [0.15, 0.2) is 30.5 Å². The second-order valence-electron chi connectivity index (χ2n) is 3.74. The first-order valence-corrected chi connectivity index (χ1v) is 6.49. The number of aromatic nitrogens is 2. The van der Waals surface area contributed by atoms with Gasteiger partial charge in [-0.25, -0.2) is 0 Å². The van der Waals surface area contributed by atoms with Crippen LogP contribution in [0.1, 0.15) is 5.56 Å². The van der Waals surface area contributed by atoms with Crippen LogP contribution in [-0.2, 0) is 6.18 Å². The number of amides is 1. The Morgan fingerprint density at radius 3 is 2.60 bits per heavy atom. The topological polar surface area (TPSA) is 70.1 Å². The van der Waals surface area contributed by atoms with Gasteiger partial charge in [-0.1, -0.05) is 0 Å². The van der Waals surface area contributed by atoms with Crippen molar-refractivity contribution in [3.8, 4) is 11.4 Å². The van der Waals surface area contributed by atoms with Gasteiger partial charge in [-0.05, 0) is 0 Å². The van der Waals surface area contributed by atoms with E-state index in [9.17, 15) is 18.0 Å². The predicted molar refractivity (Wildman–Crippen MR) is 67.0 cm³/mol. The van der Waals surface area contributed by atoms with E-state index in [1.54, 1.807) is 0 Å². The van der Waals surface area contributed by atoms with Gasteiger partial charge in [0.1, 0.15) is 0 Å². The Labute approximate surface area is 120 Å². The molecule has 0 saturated heterocycles. The second kappa shape index (κ2) is 5.20. The number of carbonyl (C=O) groups is 1. The van der Waals surface area contributed by atoms with Crippen molar-refractivity contribution in [3.63, 3.8) is 0 Å². The summed E-state index contributed by atoms with van der Waals surface area (Å²) in [6.07, 6.45) is -4.41. The Balaban J connectivity index is 2.53. The maximum absolute atomic E-state index is 12.9. The summed E-state index contributed by atoms with van der Waals surface area (Å²) in [6.45, 7) is 0. The van der Waals surface area contributed by atoms with E-state index in [0.29, 0.717) is 4.48 Å². The predicted octanol–water partition coefficient (Wildman–Crippen LogP) is 0.607. The van der Waals surface area contributed by atoms with Crippen molar-refractivity contribution in [1.82, 2.24) is 9.78 Å². The number of benzene rings is 1. The second-order valence-corrected chi connectivity index (χ2v) is 4.89. The molecule has 0 fully saturated rings. The van der Waals surface area contributed by atoms with Crippen LogP contribution in [0.4, 0.5) is 18.0 Å². The molecule has 1 amide bonds. The average Bonchev–Trinajstić information content (AvgIpc) is 2.69. The summed E-state index contributed by atoms with van der Waals surface area (Å²) >= 11 is 0.955. The van der Waals surface area contributed by atoms with Crippen LogP contribution < -0.4 is 15.0 Å². The van der Waals surface area contributed by atoms with Crippen molar-refractivity contribution in [2.75, 3.05) is 0 Å². The minimum absolute atomic E-state index is 0.0366. The van der Waals surface area contributed by atoms with Gasteiger partial charge in [0.2, 0.25) is 0 Å². The van der Waals surface area contributed by atoms with E-state index in [0.717, 1.165) is 33.8 Å². The Kier molecular flexibility index (Phi) is 3.76. The fourth-order valence-electron chi connectivity index (χ4n) is 1.62. The zero-order chi connectivity index (χ0) is 14.9. The molecule has 5 nitrogen and oxygen atoms in total. The number of nitrogens with two attached hydrogens (primary N) is 1. The third-order valence-electron chi connectivity index (χ3n) is 2.42. The molecular formula is C11H9AsF3N3O2. The molecule has 106 valence electrons. The van der Waals surface area contributed by atoms with Gasteiger partial charge in [0.15, 0.2) is 0 Å². The Hall–Kier alpha value is -1.95. The molecule has 0 bridgehead atoms. The van der Waals surface area contributed by atoms with Crippen molar-refractivity contribution in [2.45, 2.75) is 6.18 Å². The fourth-order valence-corrected chi connectivity index (χ4v) is 2.33. The van der Waals surface area contributed by atoms with Crippen LogP contribution in [0.25, 0.3) is 5.69 Å². The molecule has 2 N–H and O–H groups in total. The van der Waals surface area contributed by atoms with Gasteiger partial charge >= 0.3 is 119 Å². The number of carbonyl (C=O) groups excluding carboxylic acids is 1. The molecule has 1 heterocycles. The van der Waals surface area contributed by atoms with Crippen LogP contribution in [0.5, 0.6) is 5.75 Å². The number of ether oxygens (including phenoxy) is 1. The average molecular weight is 347 g/mol. The number of halogens is 3. The summed E-state index contributed by atoms with van der Waals surface area (Å²) in [5.41, 5.74) is 3.90. The molecule has 0 spiro atoms. The molecule has 0 aliphatic heterocycles. The number of primary amides is 1. The molecule has 2 aromatic rings. The number of para-hydroxylation sites is 1. The molecule has 2 rings (SSSR count). The third kappa shape index (κ3) is 2.80. The summed E-state index contributed by atoms with van der Waals surface area (Å²) in [7, 11) is 0. The molecular weight excluding hydrogens is 338 g/mol. The molecule has 1 atom stereocenters. The first-order valence-electron chi connectivity index (χ1n) is 5.28. The number of nitrogens with zero attached hydrogens (tertiary/aromatic N) is 2. The summed E-state index contributed by atoms with van der Waals surface area (Å²) in [6, 6.07) is 5.00. The van der Waals surface area contributed by atoms with Crippen molar-refractivity contribution in [2.24, 2.45) is 5.73 Å². The van der Waals surface area contributed by atoms with E-state index < -0.39 is 17.8 Å². The van der Waals surface area contributed by atoms with E-state index in [-0.39, 0.29) is 11.4 Å². The number of hydrogen-bond acceptors (Lipinski definition) is 3. The van der Waals surface area contributed by atoms with Gasteiger partial charge < -0.3 is 0 Å². The normalized spacial score (nSPS) is 11.4. The summed E-state index contributed by atoms with van der Waals surface area (Å²) in [5.74, 6) is 0.0366. The van der Waals surface area contributed by atoms with Crippen molar-refractivity contribution in [1.29, 1.82) is 0 Å². The summed E-state index contributed by atoms with van der Waals surface area (Å²) < 4.78 is 44.9. The number of rotatable bonds is 2. The van der Waals surface area contributed by atoms with Crippen LogP contribution in [0.2, 0.25) is 0 Å². The molecule has 1 unspecified atom stereocenters. The molecule has 20 heavy (non-hydrogen) atoms. The van der Waals surface area contributed by atoms with Gasteiger partial charge in [-0.15, -0.1) is 0 Å². The van der Waals surface area contributed by atoms with E-state index in [2.05, 4.69) is 9.84 Å². The van der Waals surface area contributed by atoms with Gasteiger partial charge in [0.05, 0.1) is 0 Å². The fraction of sp³-hybridized carbons (Fsp3) is 0.0909. The first-order chi connectivity index (χ1) is 9.30. The Bertz CT molecular complexity index is 655. The maximum atomic E-state index is 12.9. The molecule has 0 radical (unpaired) electrons. The van der Waals surface area contributed by atoms with Gasteiger partial charge in [0, 0.05) is 0 Å².